The average Bonchev–Trinajstić information content (AvgIpc) is 3.65. The molecule has 0 aliphatic carbocycles. The summed E-state index contributed by atoms with van der Waals surface area (Å²) in [6.45, 7) is 0. The van der Waals surface area contributed by atoms with E-state index in [0.29, 0.717) is 11.6 Å². The number of hydrogen-bond donors (Lipinski definition) is 0. The summed E-state index contributed by atoms with van der Waals surface area (Å²) in [6.07, 6.45) is 3.78. The van der Waals surface area contributed by atoms with Crippen LogP contribution in [0.1, 0.15) is 0 Å². The Morgan fingerprint density at radius 3 is 0.718 bits per heavy atom. The lowest BCUT2D eigenvalue weighted by molar-refractivity contribution is 1.18. The highest BCUT2D eigenvalue weighted by atomic mass is 14.9. The van der Waals surface area contributed by atoms with Gasteiger partial charge in [-0.05, 0) is 113 Å². The summed E-state index contributed by atoms with van der Waals surface area (Å²) in [5, 5.41) is 0. The molecular weight excluding hydrogens is 945 g/mol. The summed E-state index contributed by atoms with van der Waals surface area (Å²) in [5.41, 5.74) is 23.6. The van der Waals surface area contributed by atoms with E-state index >= 15 is 0 Å². The van der Waals surface area contributed by atoms with Gasteiger partial charge < -0.3 is 0 Å². The lowest BCUT2D eigenvalue weighted by Gasteiger charge is -2.17. The van der Waals surface area contributed by atoms with Gasteiger partial charge in [-0.1, -0.05) is 267 Å². The highest BCUT2D eigenvalue weighted by Gasteiger charge is 2.21. The highest BCUT2D eigenvalue weighted by molar-refractivity contribution is 5.96. The van der Waals surface area contributed by atoms with Gasteiger partial charge in [-0.15, -0.1) is 0 Å². The van der Waals surface area contributed by atoms with Gasteiger partial charge in [-0.25, -0.2) is 19.9 Å². The van der Waals surface area contributed by atoms with Crippen molar-refractivity contribution in [3.05, 3.63) is 304 Å². The molecule has 4 heteroatoms. The predicted octanol–water partition coefficient (Wildman–Crippen LogP) is 19.3. The second kappa shape index (κ2) is 21.4. The van der Waals surface area contributed by atoms with Crippen molar-refractivity contribution in [3.8, 4) is 134 Å². The van der Waals surface area contributed by atoms with Crippen LogP contribution in [0.25, 0.3) is 134 Å². The number of hydrogen-bond acceptors (Lipinski definition) is 4. The predicted molar refractivity (Wildman–Crippen MR) is 323 cm³/mol. The van der Waals surface area contributed by atoms with Crippen LogP contribution in [0.2, 0.25) is 0 Å². The third-order valence-electron chi connectivity index (χ3n) is 14.5. The van der Waals surface area contributed by atoms with Crippen molar-refractivity contribution in [2.75, 3.05) is 0 Å². The van der Waals surface area contributed by atoms with Crippen LogP contribution in [-0.4, -0.2) is 19.9 Å². The van der Waals surface area contributed by atoms with E-state index in [2.05, 4.69) is 279 Å². The Hall–Kier alpha value is -10.4. The molecule has 0 aliphatic heterocycles. The Kier molecular flexibility index (Phi) is 13.0. The maximum Gasteiger partial charge on any atom is 0.160 e. The van der Waals surface area contributed by atoms with Crippen molar-refractivity contribution in [1.29, 1.82) is 0 Å². The van der Waals surface area contributed by atoms with E-state index in [4.69, 9.17) is 19.9 Å². The molecule has 366 valence electrons. The van der Waals surface area contributed by atoms with Crippen LogP contribution in [0.5, 0.6) is 0 Å². The fourth-order valence-corrected chi connectivity index (χ4v) is 10.9. The van der Waals surface area contributed by atoms with Crippen molar-refractivity contribution >= 4 is 0 Å². The minimum atomic E-state index is 0.666. The van der Waals surface area contributed by atoms with Crippen molar-refractivity contribution in [3.63, 3.8) is 0 Å². The van der Waals surface area contributed by atoms with E-state index in [1.165, 1.54) is 0 Å². The van der Waals surface area contributed by atoms with E-state index in [0.717, 1.165) is 123 Å². The summed E-state index contributed by atoms with van der Waals surface area (Å²) in [7, 11) is 0. The lowest BCUT2D eigenvalue weighted by Crippen LogP contribution is -1.97. The number of benzene rings is 11. The van der Waals surface area contributed by atoms with Gasteiger partial charge in [-0.2, -0.15) is 0 Å². The molecule has 4 nitrogen and oxygen atoms in total. The molecule has 0 aliphatic rings. The molecule has 0 fully saturated rings. The average molecular weight is 995 g/mol. The van der Waals surface area contributed by atoms with Crippen LogP contribution >= 0.6 is 0 Å². The Labute approximate surface area is 455 Å². The maximum absolute atomic E-state index is 5.39. The van der Waals surface area contributed by atoms with Crippen LogP contribution in [-0.2, 0) is 0 Å². The first-order valence-electron chi connectivity index (χ1n) is 26.4. The molecule has 0 N–H and O–H groups in total. The zero-order valence-corrected chi connectivity index (χ0v) is 42.7. The second-order valence-corrected chi connectivity index (χ2v) is 19.2. The van der Waals surface area contributed by atoms with E-state index in [9.17, 15) is 0 Å². The normalized spacial score (nSPS) is 11.1. The van der Waals surface area contributed by atoms with Gasteiger partial charge in [0.1, 0.15) is 0 Å². The Bertz CT molecular complexity index is 3860. The van der Waals surface area contributed by atoms with Crippen LogP contribution in [0.4, 0.5) is 0 Å². The van der Waals surface area contributed by atoms with E-state index in [-0.39, 0.29) is 0 Å². The van der Waals surface area contributed by atoms with Crippen LogP contribution < -0.4 is 0 Å². The van der Waals surface area contributed by atoms with Crippen LogP contribution in [0.15, 0.2) is 304 Å². The van der Waals surface area contributed by atoms with Gasteiger partial charge in [0, 0.05) is 34.6 Å². The fourth-order valence-electron chi connectivity index (χ4n) is 10.9. The third kappa shape index (κ3) is 9.40. The minimum Gasteiger partial charge on any atom is -0.237 e. The molecular formula is C74H50N4. The molecule has 2 aromatic heterocycles. The molecule has 0 saturated carbocycles. The Morgan fingerprint density at radius 1 is 0.179 bits per heavy atom. The molecule has 0 saturated heterocycles. The highest BCUT2D eigenvalue weighted by Crippen LogP contribution is 2.44. The molecule has 11 aromatic carbocycles. The monoisotopic (exact) mass is 994 g/mol. The summed E-state index contributed by atoms with van der Waals surface area (Å²) in [5.74, 6) is 1.33. The molecule has 0 unspecified atom stereocenters. The molecule has 0 radical (unpaired) electrons. The molecule has 0 atom stereocenters. The number of aromatic nitrogens is 4. The SMILES string of the molecule is c1ccc(-c2cccc(-c3ccccc3)c2-c2ccnc(-c3ccccc3-c3cccc(-c4ccccc4-c4cccc(-c5ccccc5-c5nccc(-c6c(-c7ccccc7)cccc6-c6ccccc6)n5)c4)c3)n2)cc1. The van der Waals surface area contributed by atoms with Crippen LogP contribution in [0, 0.1) is 0 Å². The van der Waals surface area contributed by atoms with E-state index in [1.807, 2.05) is 24.5 Å². The van der Waals surface area contributed by atoms with Gasteiger partial charge >= 0.3 is 0 Å². The summed E-state index contributed by atoms with van der Waals surface area (Å²) in [6, 6.07) is 103. The Balaban J connectivity index is 0.854. The smallest absolute Gasteiger partial charge is 0.160 e. The van der Waals surface area contributed by atoms with Gasteiger partial charge in [-0.3, -0.25) is 0 Å². The summed E-state index contributed by atoms with van der Waals surface area (Å²) < 4.78 is 0. The summed E-state index contributed by atoms with van der Waals surface area (Å²) in [4.78, 5) is 20.7. The van der Waals surface area contributed by atoms with Crippen molar-refractivity contribution < 1.29 is 0 Å². The molecule has 0 amide bonds. The number of nitrogens with zero attached hydrogens (tertiary/aromatic N) is 4. The zero-order valence-electron chi connectivity index (χ0n) is 42.7. The van der Waals surface area contributed by atoms with Crippen molar-refractivity contribution in [2.24, 2.45) is 0 Å². The minimum absolute atomic E-state index is 0.666. The first kappa shape index (κ1) is 47.3. The summed E-state index contributed by atoms with van der Waals surface area (Å²) >= 11 is 0. The third-order valence-corrected chi connectivity index (χ3v) is 14.5. The quantitative estimate of drug-likeness (QED) is 0.122. The molecule has 0 bridgehead atoms. The first-order chi connectivity index (χ1) is 38.7. The lowest BCUT2D eigenvalue weighted by atomic mass is 9.89. The van der Waals surface area contributed by atoms with Gasteiger partial charge in [0.05, 0.1) is 11.4 Å². The van der Waals surface area contributed by atoms with Gasteiger partial charge in [0.2, 0.25) is 0 Å². The Morgan fingerprint density at radius 2 is 0.410 bits per heavy atom. The number of rotatable bonds is 12. The second-order valence-electron chi connectivity index (χ2n) is 19.2. The van der Waals surface area contributed by atoms with Gasteiger partial charge in [0.15, 0.2) is 11.6 Å². The van der Waals surface area contributed by atoms with E-state index in [1.54, 1.807) is 0 Å². The molecule has 13 rings (SSSR count). The van der Waals surface area contributed by atoms with Gasteiger partial charge in [0.25, 0.3) is 0 Å². The molecule has 78 heavy (non-hydrogen) atoms. The topological polar surface area (TPSA) is 51.6 Å². The van der Waals surface area contributed by atoms with Crippen molar-refractivity contribution in [2.45, 2.75) is 0 Å². The largest absolute Gasteiger partial charge is 0.237 e. The molecule has 0 spiro atoms. The molecule has 13 aromatic rings. The van der Waals surface area contributed by atoms with Crippen molar-refractivity contribution in [1.82, 2.24) is 19.9 Å². The molecule has 2 heterocycles. The first-order valence-corrected chi connectivity index (χ1v) is 26.4. The van der Waals surface area contributed by atoms with E-state index < -0.39 is 0 Å². The standard InChI is InChI=1S/C74H50N4/c1-5-23-51(24-6-1)63-41-21-42-64(52-25-7-2-8-26-52)71(63)69-45-47-75-73(77-69)67-39-17-15-37-61(67)57-33-19-31-55(49-57)59-35-13-14-36-60(59)56-32-20-34-58(50-56)62-38-16-18-40-68(62)74-76-48-46-70(78-74)72-65(53-27-9-3-10-28-53)43-22-44-66(72)54-29-11-4-12-30-54/h1-50H. The van der Waals surface area contributed by atoms with Crippen LogP contribution in [0.3, 0.4) is 0 Å². The fraction of sp³-hybridized carbons (Fsp3) is 0. The zero-order chi connectivity index (χ0) is 52.0. The maximum atomic E-state index is 5.39.